The Hall–Kier alpha value is -1.65. The fourth-order valence-electron chi connectivity index (χ4n) is 1.01. The topological polar surface area (TPSA) is 69.1 Å². The Morgan fingerprint density at radius 1 is 1.38 bits per heavy atom. The molecular formula is C8H8F2N2O. The highest BCUT2D eigenvalue weighted by Crippen LogP contribution is 2.21. The summed E-state index contributed by atoms with van der Waals surface area (Å²) in [5, 5.41) is 0. The maximum Gasteiger partial charge on any atom is 0.254 e. The van der Waals surface area contributed by atoms with Crippen LogP contribution in [0, 0.1) is 18.6 Å². The molecule has 1 amide bonds. The van der Waals surface area contributed by atoms with Crippen LogP contribution in [0.1, 0.15) is 15.9 Å². The predicted molar refractivity (Wildman–Crippen MR) is 44.0 cm³/mol. The van der Waals surface area contributed by atoms with Crippen molar-refractivity contribution in [2.75, 3.05) is 5.73 Å². The fourth-order valence-corrected chi connectivity index (χ4v) is 1.01. The molecule has 0 bridgehead atoms. The summed E-state index contributed by atoms with van der Waals surface area (Å²) in [6.45, 7) is 1.37. The largest absolute Gasteiger partial charge is 0.396 e. The summed E-state index contributed by atoms with van der Waals surface area (Å²) >= 11 is 0. The maximum absolute atomic E-state index is 13.1. The summed E-state index contributed by atoms with van der Waals surface area (Å²) in [7, 11) is 0. The van der Waals surface area contributed by atoms with Crippen molar-refractivity contribution in [1.29, 1.82) is 0 Å². The molecule has 0 heterocycles. The van der Waals surface area contributed by atoms with Crippen LogP contribution in [-0.4, -0.2) is 5.91 Å². The van der Waals surface area contributed by atoms with E-state index in [1.165, 1.54) is 6.92 Å². The third-order valence-corrected chi connectivity index (χ3v) is 1.66. The van der Waals surface area contributed by atoms with E-state index in [2.05, 4.69) is 0 Å². The van der Waals surface area contributed by atoms with Gasteiger partial charge in [-0.1, -0.05) is 0 Å². The Bertz CT molecular complexity index is 351. The van der Waals surface area contributed by atoms with Gasteiger partial charge >= 0.3 is 0 Å². The van der Waals surface area contributed by atoms with Crippen molar-refractivity contribution in [1.82, 2.24) is 0 Å². The molecule has 0 saturated heterocycles. The first-order valence-electron chi connectivity index (χ1n) is 3.49. The second-order valence-corrected chi connectivity index (χ2v) is 2.65. The second-order valence-electron chi connectivity index (χ2n) is 2.65. The Morgan fingerprint density at radius 2 is 1.92 bits per heavy atom. The lowest BCUT2D eigenvalue weighted by Crippen LogP contribution is -2.17. The van der Waals surface area contributed by atoms with Crippen LogP contribution >= 0.6 is 0 Å². The minimum absolute atomic E-state index is 0.0905. The van der Waals surface area contributed by atoms with Gasteiger partial charge in [-0.25, -0.2) is 8.78 Å². The number of rotatable bonds is 1. The van der Waals surface area contributed by atoms with E-state index in [1.54, 1.807) is 0 Å². The van der Waals surface area contributed by atoms with Crippen LogP contribution in [0.3, 0.4) is 0 Å². The van der Waals surface area contributed by atoms with E-state index >= 15 is 0 Å². The number of carbonyl (C=O) groups excluding carboxylic acids is 1. The van der Waals surface area contributed by atoms with Crippen LogP contribution in [0.25, 0.3) is 0 Å². The van der Waals surface area contributed by atoms with Crippen molar-refractivity contribution in [3.63, 3.8) is 0 Å². The molecule has 1 aromatic rings. The lowest BCUT2D eigenvalue weighted by molar-refractivity contribution is 0.0992. The number of hydrogen-bond donors (Lipinski definition) is 2. The minimum atomic E-state index is -1.16. The fraction of sp³-hybridized carbons (Fsp3) is 0.125. The van der Waals surface area contributed by atoms with E-state index in [0.29, 0.717) is 0 Å². The molecular weight excluding hydrogens is 178 g/mol. The number of benzene rings is 1. The van der Waals surface area contributed by atoms with Crippen LogP contribution < -0.4 is 11.5 Å². The summed E-state index contributed by atoms with van der Waals surface area (Å²) < 4.78 is 26.1. The molecule has 0 aliphatic carbocycles. The molecule has 0 atom stereocenters. The molecule has 1 aromatic carbocycles. The molecule has 0 spiro atoms. The zero-order valence-electron chi connectivity index (χ0n) is 6.90. The minimum Gasteiger partial charge on any atom is -0.396 e. The monoisotopic (exact) mass is 186 g/mol. The van der Waals surface area contributed by atoms with Crippen LogP contribution in [0.5, 0.6) is 0 Å². The highest BCUT2D eigenvalue weighted by atomic mass is 19.1. The number of amides is 1. The Morgan fingerprint density at radius 3 is 2.38 bits per heavy atom. The van der Waals surface area contributed by atoms with Gasteiger partial charge in [0.2, 0.25) is 0 Å². The number of halogens is 2. The molecule has 0 unspecified atom stereocenters. The molecule has 0 saturated carbocycles. The number of hydrogen-bond acceptors (Lipinski definition) is 2. The average molecular weight is 186 g/mol. The van der Waals surface area contributed by atoms with Crippen LogP contribution in [0.2, 0.25) is 0 Å². The van der Waals surface area contributed by atoms with Crippen LogP contribution in [-0.2, 0) is 0 Å². The highest BCUT2D eigenvalue weighted by Gasteiger charge is 2.19. The summed E-state index contributed by atoms with van der Waals surface area (Å²) in [4.78, 5) is 10.6. The quantitative estimate of drug-likeness (QED) is 0.641. The van der Waals surface area contributed by atoms with Crippen LogP contribution in [0.15, 0.2) is 6.07 Å². The lowest BCUT2D eigenvalue weighted by atomic mass is 10.1. The van der Waals surface area contributed by atoms with Crippen LogP contribution in [0.4, 0.5) is 14.5 Å². The van der Waals surface area contributed by atoms with E-state index < -0.39 is 23.1 Å². The number of anilines is 1. The lowest BCUT2D eigenvalue weighted by Gasteiger charge is -2.05. The van der Waals surface area contributed by atoms with E-state index in [-0.39, 0.29) is 11.3 Å². The molecule has 1 rings (SSSR count). The van der Waals surface area contributed by atoms with Crippen molar-refractivity contribution in [3.8, 4) is 0 Å². The van der Waals surface area contributed by atoms with Gasteiger partial charge in [0, 0.05) is 0 Å². The Balaban J connectivity index is 3.56. The van der Waals surface area contributed by atoms with Crippen molar-refractivity contribution in [3.05, 3.63) is 28.8 Å². The van der Waals surface area contributed by atoms with Gasteiger partial charge in [0.25, 0.3) is 5.91 Å². The van der Waals surface area contributed by atoms with Gasteiger partial charge in [0.05, 0.1) is 5.69 Å². The molecule has 0 aliphatic heterocycles. The summed E-state index contributed by atoms with van der Waals surface area (Å²) in [5.74, 6) is -3.22. The van der Waals surface area contributed by atoms with E-state index in [4.69, 9.17) is 11.5 Å². The van der Waals surface area contributed by atoms with Gasteiger partial charge in [0.1, 0.15) is 11.4 Å². The first-order valence-corrected chi connectivity index (χ1v) is 3.49. The van der Waals surface area contributed by atoms with Crippen molar-refractivity contribution >= 4 is 11.6 Å². The zero-order chi connectivity index (χ0) is 10.2. The third kappa shape index (κ3) is 1.44. The van der Waals surface area contributed by atoms with Gasteiger partial charge in [-0.2, -0.15) is 0 Å². The third-order valence-electron chi connectivity index (χ3n) is 1.66. The second kappa shape index (κ2) is 3.01. The molecule has 13 heavy (non-hydrogen) atoms. The predicted octanol–water partition coefficient (Wildman–Crippen LogP) is 0.954. The van der Waals surface area contributed by atoms with Crippen molar-refractivity contribution < 1.29 is 13.6 Å². The van der Waals surface area contributed by atoms with E-state index in [1.807, 2.05) is 0 Å². The SMILES string of the molecule is Cc1cc(N)c(F)c(C(N)=O)c1F. The Kier molecular flexibility index (Phi) is 2.18. The molecule has 0 aromatic heterocycles. The number of primary amides is 1. The number of nitrogen functional groups attached to an aromatic ring is 1. The molecule has 0 aliphatic rings. The standard InChI is InChI=1S/C8H8F2N2O/c1-3-2-4(11)7(10)5(6(3)9)8(12)13/h2H,11H2,1H3,(H2,12,13). The molecule has 0 fully saturated rings. The van der Waals surface area contributed by atoms with E-state index in [9.17, 15) is 13.6 Å². The maximum atomic E-state index is 13.1. The molecule has 3 nitrogen and oxygen atoms in total. The van der Waals surface area contributed by atoms with Gasteiger partial charge in [-0.3, -0.25) is 4.79 Å². The van der Waals surface area contributed by atoms with Crippen molar-refractivity contribution in [2.24, 2.45) is 5.73 Å². The molecule has 5 heteroatoms. The van der Waals surface area contributed by atoms with Gasteiger partial charge < -0.3 is 11.5 Å². The van der Waals surface area contributed by atoms with Crippen molar-refractivity contribution in [2.45, 2.75) is 6.92 Å². The molecule has 0 radical (unpaired) electrons. The first kappa shape index (κ1) is 9.44. The zero-order valence-corrected chi connectivity index (χ0v) is 6.90. The summed E-state index contributed by atoms with van der Waals surface area (Å²) in [6, 6.07) is 1.11. The Labute approximate surface area is 73.3 Å². The number of nitrogens with two attached hydrogens (primary N) is 2. The van der Waals surface area contributed by atoms with Gasteiger partial charge in [-0.05, 0) is 18.6 Å². The normalized spacial score (nSPS) is 10.1. The highest BCUT2D eigenvalue weighted by molar-refractivity contribution is 5.94. The first-order chi connectivity index (χ1) is 5.95. The molecule has 70 valence electrons. The number of aryl methyl sites for hydroxylation is 1. The summed E-state index contributed by atoms with van der Waals surface area (Å²) in [5.41, 5.74) is 8.98. The van der Waals surface area contributed by atoms with Gasteiger partial charge in [0.15, 0.2) is 5.82 Å². The number of carbonyl (C=O) groups is 1. The van der Waals surface area contributed by atoms with Gasteiger partial charge in [-0.15, -0.1) is 0 Å². The molecule has 4 N–H and O–H groups in total. The average Bonchev–Trinajstić information content (AvgIpc) is 2.01. The summed E-state index contributed by atoms with van der Waals surface area (Å²) in [6.07, 6.45) is 0. The van der Waals surface area contributed by atoms with E-state index in [0.717, 1.165) is 6.07 Å². The smallest absolute Gasteiger partial charge is 0.254 e.